The van der Waals surface area contributed by atoms with Gasteiger partial charge in [-0.05, 0) is 12.5 Å². The molecule has 0 bridgehead atoms. The van der Waals surface area contributed by atoms with Crippen LogP contribution in [0, 0.1) is 6.92 Å². The molecule has 1 saturated heterocycles. The fraction of sp³-hybridized carbons (Fsp3) is 0.455. The molecule has 3 nitrogen and oxygen atoms in total. The van der Waals surface area contributed by atoms with Gasteiger partial charge in [-0.25, -0.2) is 0 Å². The Kier molecular flexibility index (Phi) is 2.31. The van der Waals surface area contributed by atoms with Gasteiger partial charge < -0.3 is 16.2 Å². The van der Waals surface area contributed by atoms with E-state index < -0.39 is 5.66 Å². The zero-order chi connectivity index (χ0) is 10.2. The first kappa shape index (κ1) is 9.65. The molecule has 14 heavy (non-hydrogen) atoms. The first-order valence-electron chi connectivity index (χ1n) is 4.84. The summed E-state index contributed by atoms with van der Waals surface area (Å²) >= 11 is 0. The van der Waals surface area contributed by atoms with Crippen molar-refractivity contribution in [2.75, 3.05) is 6.61 Å². The van der Waals surface area contributed by atoms with Crippen molar-refractivity contribution in [3.63, 3.8) is 0 Å². The fourth-order valence-corrected chi connectivity index (χ4v) is 1.62. The number of rotatable bonds is 3. The second-order valence-corrected chi connectivity index (χ2v) is 4.07. The van der Waals surface area contributed by atoms with Gasteiger partial charge in [0.05, 0.1) is 18.4 Å². The molecule has 1 aliphatic heterocycles. The molecule has 1 aromatic rings. The highest BCUT2D eigenvalue weighted by molar-refractivity contribution is 5.28. The standard InChI is InChI=1S/C11H16N2O/c1-8-3-2-4-9(5-8)11(12,13)6-10-7-14-10/h2-5,10H,6-7,12-13H2,1H3. The minimum Gasteiger partial charge on any atom is -0.373 e. The number of aryl methyl sites for hydroxylation is 1. The van der Waals surface area contributed by atoms with Crippen molar-refractivity contribution >= 4 is 0 Å². The van der Waals surface area contributed by atoms with Gasteiger partial charge in [0.1, 0.15) is 0 Å². The smallest absolute Gasteiger partial charge is 0.0925 e. The molecule has 76 valence electrons. The molecule has 0 saturated carbocycles. The lowest BCUT2D eigenvalue weighted by Gasteiger charge is -2.24. The van der Waals surface area contributed by atoms with Crippen LogP contribution < -0.4 is 11.5 Å². The van der Waals surface area contributed by atoms with Gasteiger partial charge >= 0.3 is 0 Å². The zero-order valence-electron chi connectivity index (χ0n) is 8.36. The summed E-state index contributed by atoms with van der Waals surface area (Å²) in [6.07, 6.45) is 0.946. The van der Waals surface area contributed by atoms with Crippen molar-refractivity contribution in [2.45, 2.75) is 25.1 Å². The number of benzene rings is 1. The largest absolute Gasteiger partial charge is 0.373 e. The predicted octanol–water partition coefficient (Wildman–Crippen LogP) is 0.854. The molecule has 1 atom stereocenters. The molecule has 0 amide bonds. The molecule has 1 unspecified atom stereocenters. The van der Waals surface area contributed by atoms with Crippen molar-refractivity contribution < 1.29 is 4.74 Å². The minimum absolute atomic E-state index is 0.255. The molecule has 0 aliphatic carbocycles. The summed E-state index contributed by atoms with van der Waals surface area (Å²) in [4.78, 5) is 0. The molecule has 0 aromatic heterocycles. The Morgan fingerprint density at radius 2 is 2.21 bits per heavy atom. The third-order valence-electron chi connectivity index (χ3n) is 2.52. The van der Waals surface area contributed by atoms with E-state index in [1.165, 1.54) is 5.56 Å². The monoisotopic (exact) mass is 192 g/mol. The molecule has 1 aromatic carbocycles. The van der Waals surface area contributed by atoms with E-state index in [9.17, 15) is 0 Å². The van der Waals surface area contributed by atoms with E-state index in [2.05, 4.69) is 0 Å². The highest BCUT2D eigenvalue weighted by atomic mass is 16.6. The highest BCUT2D eigenvalue weighted by Crippen LogP contribution is 2.25. The molecule has 1 fully saturated rings. The average molecular weight is 192 g/mol. The van der Waals surface area contributed by atoms with Crippen molar-refractivity contribution in [3.8, 4) is 0 Å². The van der Waals surface area contributed by atoms with E-state index in [-0.39, 0.29) is 6.10 Å². The van der Waals surface area contributed by atoms with Gasteiger partial charge in [0.25, 0.3) is 0 Å². The van der Waals surface area contributed by atoms with Crippen LogP contribution >= 0.6 is 0 Å². The Bertz CT molecular complexity index is 332. The van der Waals surface area contributed by atoms with Gasteiger partial charge in [-0.2, -0.15) is 0 Å². The van der Waals surface area contributed by atoms with Crippen LogP contribution in [0.5, 0.6) is 0 Å². The van der Waals surface area contributed by atoms with Crippen molar-refractivity contribution in [2.24, 2.45) is 11.5 Å². The maximum Gasteiger partial charge on any atom is 0.0925 e. The number of hydrogen-bond donors (Lipinski definition) is 2. The maximum absolute atomic E-state index is 6.05. The minimum atomic E-state index is -0.757. The summed E-state index contributed by atoms with van der Waals surface area (Å²) in [5.74, 6) is 0. The van der Waals surface area contributed by atoms with Gasteiger partial charge in [0.15, 0.2) is 0 Å². The van der Waals surface area contributed by atoms with E-state index in [0.29, 0.717) is 6.42 Å². The Morgan fingerprint density at radius 3 is 2.79 bits per heavy atom. The third-order valence-corrected chi connectivity index (χ3v) is 2.52. The Morgan fingerprint density at radius 1 is 1.50 bits per heavy atom. The number of ether oxygens (including phenoxy) is 1. The molecule has 4 N–H and O–H groups in total. The molecular weight excluding hydrogens is 176 g/mol. The molecule has 0 radical (unpaired) electrons. The van der Waals surface area contributed by atoms with Crippen molar-refractivity contribution in [3.05, 3.63) is 35.4 Å². The Balaban J connectivity index is 2.18. The Labute approximate surface area is 84.0 Å². The number of nitrogens with two attached hydrogens (primary N) is 2. The third kappa shape index (κ3) is 2.12. The Hall–Kier alpha value is -0.900. The lowest BCUT2D eigenvalue weighted by molar-refractivity contribution is 0.326. The zero-order valence-corrected chi connectivity index (χ0v) is 8.36. The normalized spacial score (nSPS) is 20.9. The van der Waals surface area contributed by atoms with Crippen LogP contribution in [-0.4, -0.2) is 12.7 Å². The van der Waals surface area contributed by atoms with Crippen LogP contribution in [0.15, 0.2) is 24.3 Å². The van der Waals surface area contributed by atoms with Gasteiger partial charge in [-0.15, -0.1) is 0 Å². The molecule has 0 spiro atoms. The van der Waals surface area contributed by atoms with Gasteiger partial charge in [-0.1, -0.05) is 29.8 Å². The van der Waals surface area contributed by atoms with Gasteiger partial charge in [-0.3, -0.25) is 0 Å². The summed E-state index contributed by atoms with van der Waals surface area (Å²) in [5.41, 5.74) is 13.5. The van der Waals surface area contributed by atoms with Gasteiger partial charge in [0, 0.05) is 6.42 Å². The molecule has 2 rings (SSSR count). The summed E-state index contributed by atoms with van der Waals surface area (Å²) in [5, 5.41) is 0. The second kappa shape index (κ2) is 3.35. The first-order chi connectivity index (χ1) is 6.58. The number of hydrogen-bond acceptors (Lipinski definition) is 3. The summed E-state index contributed by atoms with van der Waals surface area (Å²) in [7, 11) is 0. The fourth-order valence-electron chi connectivity index (χ4n) is 1.62. The molecule has 1 aliphatic rings. The van der Waals surface area contributed by atoms with Crippen LogP contribution in [0.1, 0.15) is 17.5 Å². The summed E-state index contributed by atoms with van der Waals surface area (Å²) in [6, 6.07) is 8.01. The van der Waals surface area contributed by atoms with Gasteiger partial charge in [0.2, 0.25) is 0 Å². The average Bonchev–Trinajstić information content (AvgIpc) is 2.87. The summed E-state index contributed by atoms with van der Waals surface area (Å²) < 4.78 is 5.14. The first-order valence-corrected chi connectivity index (χ1v) is 4.84. The topological polar surface area (TPSA) is 64.6 Å². The van der Waals surface area contributed by atoms with E-state index >= 15 is 0 Å². The van der Waals surface area contributed by atoms with Crippen LogP contribution in [0.3, 0.4) is 0 Å². The van der Waals surface area contributed by atoms with Crippen LogP contribution in [0.25, 0.3) is 0 Å². The van der Waals surface area contributed by atoms with E-state index in [0.717, 1.165) is 12.2 Å². The predicted molar refractivity (Wildman–Crippen MR) is 55.6 cm³/mol. The van der Waals surface area contributed by atoms with Crippen molar-refractivity contribution in [1.29, 1.82) is 0 Å². The highest BCUT2D eigenvalue weighted by Gasteiger charge is 2.33. The SMILES string of the molecule is Cc1cccc(C(N)(N)CC2CO2)c1. The maximum atomic E-state index is 6.05. The van der Waals surface area contributed by atoms with Crippen LogP contribution in [-0.2, 0) is 10.4 Å². The molecular formula is C11H16N2O. The van der Waals surface area contributed by atoms with E-state index in [4.69, 9.17) is 16.2 Å². The molecule has 1 heterocycles. The van der Waals surface area contributed by atoms with E-state index in [1.54, 1.807) is 0 Å². The summed E-state index contributed by atoms with van der Waals surface area (Å²) in [6.45, 7) is 2.83. The lowest BCUT2D eigenvalue weighted by Crippen LogP contribution is -2.47. The van der Waals surface area contributed by atoms with Crippen molar-refractivity contribution in [1.82, 2.24) is 0 Å². The quantitative estimate of drug-likeness (QED) is 0.551. The van der Waals surface area contributed by atoms with E-state index in [1.807, 2.05) is 31.2 Å². The lowest BCUT2D eigenvalue weighted by atomic mass is 9.95. The number of epoxide rings is 1. The second-order valence-electron chi connectivity index (χ2n) is 4.07. The van der Waals surface area contributed by atoms with Crippen LogP contribution in [0.2, 0.25) is 0 Å². The molecule has 3 heteroatoms. The van der Waals surface area contributed by atoms with Crippen LogP contribution in [0.4, 0.5) is 0 Å².